The standard InChI is InChI=1S/C23H21N3O2/c1-2-28-18-11-8-17(9-12-18)21(26-20-7-3-4-14-24-20)19-13-10-16-6-5-15-25-22(16)23(19)27/h3-15,21,27H,2H2,1H3,(H,24,26). The Morgan fingerprint density at radius 3 is 2.50 bits per heavy atom. The van der Waals surface area contributed by atoms with Gasteiger partial charge in [0.05, 0.1) is 12.6 Å². The second-order valence-electron chi connectivity index (χ2n) is 6.37. The van der Waals surface area contributed by atoms with Crippen LogP contribution in [0.4, 0.5) is 5.82 Å². The van der Waals surface area contributed by atoms with Crippen molar-refractivity contribution in [1.82, 2.24) is 9.97 Å². The van der Waals surface area contributed by atoms with E-state index in [1.54, 1.807) is 12.4 Å². The molecule has 0 aliphatic carbocycles. The number of fused-ring (bicyclic) bond motifs is 1. The van der Waals surface area contributed by atoms with Crippen LogP contribution >= 0.6 is 0 Å². The normalized spacial score (nSPS) is 11.9. The molecule has 2 aromatic carbocycles. The molecule has 0 saturated heterocycles. The molecule has 2 N–H and O–H groups in total. The molecule has 0 fully saturated rings. The minimum Gasteiger partial charge on any atom is -0.505 e. The van der Waals surface area contributed by atoms with Crippen LogP contribution in [0, 0.1) is 0 Å². The Hall–Kier alpha value is -3.60. The van der Waals surface area contributed by atoms with Gasteiger partial charge in [0.25, 0.3) is 0 Å². The SMILES string of the molecule is CCOc1ccc(C(Nc2ccccn2)c2ccc3cccnc3c2O)cc1. The number of aromatic nitrogens is 2. The van der Waals surface area contributed by atoms with Crippen molar-refractivity contribution < 1.29 is 9.84 Å². The minimum absolute atomic E-state index is 0.167. The molecule has 1 unspecified atom stereocenters. The van der Waals surface area contributed by atoms with E-state index in [0.29, 0.717) is 12.1 Å². The van der Waals surface area contributed by atoms with Crippen LogP contribution in [0.3, 0.4) is 0 Å². The van der Waals surface area contributed by atoms with Gasteiger partial charge in [-0.3, -0.25) is 4.98 Å². The highest BCUT2D eigenvalue weighted by Gasteiger charge is 2.20. The van der Waals surface area contributed by atoms with Gasteiger partial charge in [0, 0.05) is 23.3 Å². The third kappa shape index (κ3) is 3.60. The van der Waals surface area contributed by atoms with Gasteiger partial charge >= 0.3 is 0 Å². The van der Waals surface area contributed by atoms with Gasteiger partial charge in [-0.2, -0.15) is 0 Å². The first kappa shape index (κ1) is 17.8. The summed E-state index contributed by atoms with van der Waals surface area (Å²) >= 11 is 0. The topological polar surface area (TPSA) is 67.3 Å². The molecule has 0 bridgehead atoms. The van der Waals surface area contributed by atoms with Gasteiger partial charge in [-0.1, -0.05) is 36.4 Å². The predicted octanol–water partition coefficient (Wildman–Crippen LogP) is 4.94. The summed E-state index contributed by atoms with van der Waals surface area (Å²) in [7, 11) is 0. The zero-order chi connectivity index (χ0) is 19.3. The van der Waals surface area contributed by atoms with E-state index in [0.717, 1.165) is 28.1 Å². The molecule has 1 atom stereocenters. The Labute approximate surface area is 163 Å². The van der Waals surface area contributed by atoms with Crippen LogP contribution in [0.25, 0.3) is 10.9 Å². The molecule has 0 aliphatic heterocycles. The fraction of sp³-hybridized carbons (Fsp3) is 0.130. The summed E-state index contributed by atoms with van der Waals surface area (Å²) < 4.78 is 5.55. The van der Waals surface area contributed by atoms with Crippen molar-refractivity contribution in [2.45, 2.75) is 13.0 Å². The van der Waals surface area contributed by atoms with E-state index in [2.05, 4.69) is 15.3 Å². The second kappa shape index (κ2) is 7.96. The number of hydrogen-bond donors (Lipinski definition) is 2. The Bertz CT molecular complexity index is 1070. The van der Waals surface area contributed by atoms with Crippen molar-refractivity contribution in [3.63, 3.8) is 0 Å². The maximum Gasteiger partial charge on any atom is 0.147 e. The van der Waals surface area contributed by atoms with Gasteiger partial charge in [-0.05, 0) is 42.8 Å². The Balaban J connectivity index is 1.79. The van der Waals surface area contributed by atoms with E-state index in [9.17, 15) is 5.11 Å². The fourth-order valence-corrected chi connectivity index (χ4v) is 3.24. The maximum atomic E-state index is 11.0. The third-order valence-electron chi connectivity index (χ3n) is 4.57. The molecule has 0 radical (unpaired) electrons. The minimum atomic E-state index is -0.294. The largest absolute Gasteiger partial charge is 0.505 e. The summed E-state index contributed by atoms with van der Waals surface area (Å²) in [6.07, 6.45) is 3.42. The molecule has 2 aromatic heterocycles. The lowest BCUT2D eigenvalue weighted by molar-refractivity contribution is 0.340. The zero-order valence-corrected chi connectivity index (χ0v) is 15.5. The number of nitrogens with zero attached hydrogens (tertiary/aromatic N) is 2. The third-order valence-corrected chi connectivity index (χ3v) is 4.57. The van der Waals surface area contributed by atoms with Crippen molar-refractivity contribution in [1.29, 1.82) is 0 Å². The number of anilines is 1. The van der Waals surface area contributed by atoms with Crippen molar-refractivity contribution in [2.75, 3.05) is 11.9 Å². The molecule has 2 heterocycles. The molecular weight excluding hydrogens is 350 g/mol. The highest BCUT2D eigenvalue weighted by atomic mass is 16.5. The van der Waals surface area contributed by atoms with E-state index in [1.165, 1.54) is 0 Å². The first-order valence-electron chi connectivity index (χ1n) is 9.23. The monoisotopic (exact) mass is 371 g/mol. The summed E-state index contributed by atoms with van der Waals surface area (Å²) in [5.74, 6) is 1.70. The van der Waals surface area contributed by atoms with Gasteiger partial charge < -0.3 is 15.2 Å². The number of pyridine rings is 2. The average Bonchev–Trinajstić information content (AvgIpc) is 2.75. The van der Waals surface area contributed by atoms with Gasteiger partial charge in [0.15, 0.2) is 0 Å². The van der Waals surface area contributed by atoms with Crippen molar-refractivity contribution in [2.24, 2.45) is 0 Å². The Morgan fingerprint density at radius 2 is 1.75 bits per heavy atom. The second-order valence-corrected chi connectivity index (χ2v) is 6.37. The van der Waals surface area contributed by atoms with E-state index in [1.807, 2.05) is 73.7 Å². The number of hydrogen-bond acceptors (Lipinski definition) is 5. The Morgan fingerprint density at radius 1 is 0.929 bits per heavy atom. The first-order chi connectivity index (χ1) is 13.8. The average molecular weight is 371 g/mol. The highest BCUT2D eigenvalue weighted by Crippen LogP contribution is 2.36. The number of nitrogens with one attached hydrogen (secondary N) is 1. The van der Waals surface area contributed by atoms with Crippen LogP contribution in [0.1, 0.15) is 24.1 Å². The molecule has 4 aromatic rings. The lowest BCUT2D eigenvalue weighted by atomic mass is 9.96. The maximum absolute atomic E-state index is 11.0. The van der Waals surface area contributed by atoms with E-state index < -0.39 is 0 Å². The molecule has 0 amide bonds. The van der Waals surface area contributed by atoms with Crippen LogP contribution < -0.4 is 10.1 Å². The summed E-state index contributed by atoms with van der Waals surface area (Å²) in [5, 5.41) is 15.3. The number of benzene rings is 2. The fourth-order valence-electron chi connectivity index (χ4n) is 3.24. The van der Waals surface area contributed by atoms with Crippen molar-refractivity contribution in [3.8, 4) is 11.5 Å². The molecule has 0 aliphatic rings. The smallest absolute Gasteiger partial charge is 0.147 e. The summed E-state index contributed by atoms with van der Waals surface area (Å²) in [5.41, 5.74) is 2.31. The van der Waals surface area contributed by atoms with Gasteiger partial charge in [-0.15, -0.1) is 0 Å². The van der Waals surface area contributed by atoms with Gasteiger partial charge in [0.2, 0.25) is 0 Å². The lowest BCUT2D eigenvalue weighted by Crippen LogP contribution is -2.13. The summed E-state index contributed by atoms with van der Waals surface area (Å²) in [6, 6.07) is 20.9. The summed E-state index contributed by atoms with van der Waals surface area (Å²) in [4.78, 5) is 8.73. The van der Waals surface area contributed by atoms with Gasteiger partial charge in [0.1, 0.15) is 22.8 Å². The van der Waals surface area contributed by atoms with Crippen LogP contribution in [0.5, 0.6) is 11.5 Å². The van der Waals surface area contributed by atoms with Crippen LogP contribution in [-0.4, -0.2) is 21.7 Å². The molecule has 4 rings (SSSR count). The quantitative estimate of drug-likeness (QED) is 0.503. The zero-order valence-electron chi connectivity index (χ0n) is 15.5. The van der Waals surface area contributed by atoms with Crippen molar-refractivity contribution >= 4 is 16.7 Å². The van der Waals surface area contributed by atoms with Crippen LogP contribution in [0.2, 0.25) is 0 Å². The van der Waals surface area contributed by atoms with E-state index >= 15 is 0 Å². The van der Waals surface area contributed by atoms with E-state index in [4.69, 9.17) is 4.74 Å². The molecule has 5 nitrogen and oxygen atoms in total. The summed E-state index contributed by atoms with van der Waals surface area (Å²) in [6.45, 7) is 2.57. The number of aromatic hydroxyl groups is 1. The van der Waals surface area contributed by atoms with Crippen molar-refractivity contribution in [3.05, 3.63) is 90.3 Å². The molecule has 5 heteroatoms. The molecule has 0 saturated carbocycles. The lowest BCUT2D eigenvalue weighted by Gasteiger charge is -2.22. The number of phenolic OH excluding ortho intramolecular Hbond substituents is 1. The first-order valence-corrected chi connectivity index (χ1v) is 9.23. The molecule has 140 valence electrons. The van der Waals surface area contributed by atoms with Crippen LogP contribution in [-0.2, 0) is 0 Å². The molecular formula is C23H21N3O2. The number of rotatable bonds is 6. The van der Waals surface area contributed by atoms with Gasteiger partial charge in [-0.25, -0.2) is 4.98 Å². The highest BCUT2D eigenvalue weighted by molar-refractivity contribution is 5.86. The number of ether oxygens (including phenoxy) is 1. The van der Waals surface area contributed by atoms with Crippen LogP contribution in [0.15, 0.2) is 79.1 Å². The molecule has 28 heavy (non-hydrogen) atoms. The van der Waals surface area contributed by atoms with E-state index in [-0.39, 0.29) is 11.8 Å². The Kier molecular flexibility index (Phi) is 5.06. The molecule has 0 spiro atoms. The number of phenols is 1. The predicted molar refractivity (Wildman–Crippen MR) is 111 cm³/mol.